The minimum Gasteiger partial charge on any atom is -0.344 e. The fourth-order valence-corrected chi connectivity index (χ4v) is 3.29. The molecular weight excluding hydrogens is 428 g/mol. The topological polar surface area (TPSA) is 130 Å². The van der Waals surface area contributed by atoms with Crippen molar-refractivity contribution >= 4 is 36.6 Å². The number of thiol groups is 1. The van der Waals surface area contributed by atoms with Gasteiger partial charge in [0.05, 0.1) is 12.1 Å². The number of rotatable bonds is 13. The van der Waals surface area contributed by atoms with Gasteiger partial charge in [-0.05, 0) is 23.8 Å². The third-order valence-electron chi connectivity index (χ3n) is 5.41. The predicted octanol–water partition coefficient (Wildman–Crippen LogP) is 0.842. The van der Waals surface area contributed by atoms with Crippen molar-refractivity contribution in [3.8, 4) is 0 Å². The molecule has 0 aliphatic heterocycles. The summed E-state index contributed by atoms with van der Waals surface area (Å²) in [5, 5.41) is 7.97. The molecule has 5 N–H and O–H groups in total. The van der Waals surface area contributed by atoms with Gasteiger partial charge in [0, 0.05) is 5.75 Å². The van der Waals surface area contributed by atoms with Gasteiger partial charge in [-0.25, -0.2) is 0 Å². The smallest absolute Gasteiger partial charge is 0.244 e. The van der Waals surface area contributed by atoms with E-state index in [-0.39, 0.29) is 17.6 Å². The number of carbonyl (C=O) groups excluding carboxylic acids is 4. The van der Waals surface area contributed by atoms with Crippen molar-refractivity contribution in [3.63, 3.8) is 0 Å². The van der Waals surface area contributed by atoms with Gasteiger partial charge in [0.15, 0.2) is 0 Å². The van der Waals surface area contributed by atoms with E-state index in [1.807, 2.05) is 44.2 Å². The lowest BCUT2D eigenvalue weighted by Crippen LogP contribution is -2.59. The molecule has 0 bridgehead atoms. The highest BCUT2D eigenvalue weighted by molar-refractivity contribution is 7.80. The Morgan fingerprint density at radius 2 is 1.62 bits per heavy atom. The highest BCUT2D eigenvalue weighted by Crippen LogP contribution is 2.09. The third-order valence-corrected chi connectivity index (χ3v) is 5.78. The molecule has 0 heterocycles. The zero-order chi connectivity index (χ0) is 24.3. The standard InChI is InChI=1S/C23H36N4O4S/c1-5-15(4)19(24)22(30)27-20(14(2)3)23(31)26-18(13-32)21(29)25-17(12-28)11-16-9-7-6-8-10-16/h6-10,12,14-15,17-20,32H,5,11,13,24H2,1-4H3,(H,25,29)(H,26,31)(H,27,30)/t15-,17-,18-,19-,20-/m0/s1. The maximum absolute atomic E-state index is 12.9. The van der Waals surface area contributed by atoms with E-state index >= 15 is 0 Å². The number of nitrogens with two attached hydrogens (primary N) is 1. The molecule has 0 aliphatic rings. The van der Waals surface area contributed by atoms with Crippen molar-refractivity contribution in [2.24, 2.45) is 17.6 Å². The van der Waals surface area contributed by atoms with Crippen LogP contribution in [0.2, 0.25) is 0 Å². The van der Waals surface area contributed by atoms with Crippen LogP contribution in [-0.4, -0.2) is 53.9 Å². The van der Waals surface area contributed by atoms with Crippen LogP contribution in [0.1, 0.15) is 39.7 Å². The number of aldehydes is 1. The van der Waals surface area contributed by atoms with Crippen molar-refractivity contribution in [2.75, 3.05) is 5.75 Å². The van der Waals surface area contributed by atoms with E-state index in [1.54, 1.807) is 13.8 Å². The molecule has 1 rings (SSSR count). The molecular formula is C23H36N4O4S. The molecule has 5 atom stereocenters. The van der Waals surface area contributed by atoms with Gasteiger partial charge in [-0.15, -0.1) is 0 Å². The number of hydrogen-bond acceptors (Lipinski definition) is 6. The van der Waals surface area contributed by atoms with E-state index in [1.165, 1.54) is 0 Å². The predicted molar refractivity (Wildman–Crippen MR) is 128 cm³/mol. The second kappa shape index (κ2) is 13.9. The Morgan fingerprint density at radius 1 is 1.00 bits per heavy atom. The van der Waals surface area contributed by atoms with Gasteiger partial charge in [-0.3, -0.25) is 14.4 Å². The van der Waals surface area contributed by atoms with Crippen LogP contribution in [0.5, 0.6) is 0 Å². The van der Waals surface area contributed by atoms with Crippen LogP contribution in [0.3, 0.4) is 0 Å². The number of benzene rings is 1. The highest BCUT2D eigenvalue weighted by atomic mass is 32.1. The van der Waals surface area contributed by atoms with Crippen molar-refractivity contribution in [1.82, 2.24) is 16.0 Å². The molecule has 0 saturated heterocycles. The molecule has 3 amide bonds. The zero-order valence-electron chi connectivity index (χ0n) is 19.2. The fraction of sp³-hybridized carbons (Fsp3) is 0.565. The van der Waals surface area contributed by atoms with Crippen LogP contribution >= 0.6 is 12.6 Å². The number of amides is 3. The molecule has 0 saturated carbocycles. The first-order chi connectivity index (χ1) is 15.1. The van der Waals surface area contributed by atoms with E-state index in [0.29, 0.717) is 12.7 Å². The number of hydrogen-bond donors (Lipinski definition) is 5. The molecule has 9 heteroatoms. The van der Waals surface area contributed by atoms with Gasteiger partial charge in [-0.2, -0.15) is 12.6 Å². The maximum Gasteiger partial charge on any atom is 0.244 e. The fourth-order valence-electron chi connectivity index (χ4n) is 3.04. The monoisotopic (exact) mass is 464 g/mol. The SMILES string of the molecule is CC[C@H](C)[C@H](N)C(=O)N[C@H](C(=O)N[C@@H](CS)C(=O)N[C@H](C=O)Cc1ccccc1)C(C)C. The van der Waals surface area contributed by atoms with Crippen molar-refractivity contribution in [3.05, 3.63) is 35.9 Å². The van der Waals surface area contributed by atoms with Crippen molar-refractivity contribution in [2.45, 2.75) is 64.7 Å². The maximum atomic E-state index is 12.9. The van der Waals surface area contributed by atoms with Crippen LogP contribution in [0.25, 0.3) is 0 Å². The Kier molecular flexibility index (Phi) is 12.0. The molecule has 8 nitrogen and oxygen atoms in total. The Morgan fingerprint density at radius 3 is 2.12 bits per heavy atom. The Balaban J connectivity index is 2.78. The normalized spacial score (nSPS) is 15.7. The van der Waals surface area contributed by atoms with Gasteiger partial charge >= 0.3 is 0 Å². The van der Waals surface area contributed by atoms with Crippen molar-refractivity contribution < 1.29 is 19.2 Å². The van der Waals surface area contributed by atoms with Crippen LogP contribution in [0.4, 0.5) is 0 Å². The molecule has 0 fully saturated rings. The Bertz CT molecular complexity index is 760. The molecule has 0 aliphatic carbocycles. The first-order valence-corrected chi connectivity index (χ1v) is 11.5. The summed E-state index contributed by atoms with van der Waals surface area (Å²) in [6, 6.07) is 5.99. The Labute approximate surface area is 195 Å². The summed E-state index contributed by atoms with van der Waals surface area (Å²) in [7, 11) is 0. The van der Waals surface area contributed by atoms with Gasteiger partial charge in [-0.1, -0.05) is 64.4 Å². The van der Waals surface area contributed by atoms with Crippen LogP contribution < -0.4 is 21.7 Å². The summed E-state index contributed by atoms with van der Waals surface area (Å²) >= 11 is 4.17. The minimum absolute atomic E-state index is 0.0274. The van der Waals surface area contributed by atoms with Gasteiger partial charge in [0.25, 0.3) is 0 Å². The average Bonchev–Trinajstić information content (AvgIpc) is 2.79. The lowest BCUT2D eigenvalue weighted by molar-refractivity contribution is -0.133. The van der Waals surface area contributed by atoms with E-state index in [9.17, 15) is 19.2 Å². The summed E-state index contributed by atoms with van der Waals surface area (Å²) in [5.74, 6) is -1.68. The summed E-state index contributed by atoms with van der Waals surface area (Å²) in [5.41, 5.74) is 6.88. The summed E-state index contributed by atoms with van der Waals surface area (Å²) in [6.45, 7) is 7.38. The Hall–Kier alpha value is -2.39. The molecule has 178 valence electrons. The summed E-state index contributed by atoms with van der Waals surface area (Å²) in [4.78, 5) is 49.5. The van der Waals surface area contributed by atoms with Crippen LogP contribution in [0, 0.1) is 11.8 Å². The third kappa shape index (κ3) is 8.63. The zero-order valence-corrected chi connectivity index (χ0v) is 20.1. The summed E-state index contributed by atoms with van der Waals surface area (Å²) in [6.07, 6.45) is 1.73. The van der Waals surface area contributed by atoms with E-state index in [0.717, 1.165) is 12.0 Å². The second-order valence-electron chi connectivity index (χ2n) is 8.33. The van der Waals surface area contributed by atoms with Gasteiger partial charge in [0.1, 0.15) is 18.4 Å². The second-order valence-corrected chi connectivity index (χ2v) is 8.69. The lowest BCUT2D eigenvalue weighted by Gasteiger charge is -2.27. The minimum atomic E-state index is -0.967. The first kappa shape index (κ1) is 27.6. The van der Waals surface area contributed by atoms with Gasteiger partial charge in [0.2, 0.25) is 17.7 Å². The molecule has 0 aromatic heterocycles. The quantitative estimate of drug-likeness (QED) is 0.218. The number of carbonyl (C=O) groups is 4. The largest absolute Gasteiger partial charge is 0.344 e. The van der Waals surface area contributed by atoms with Gasteiger partial charge < -0.3 is 26.5 Å². The van der Waals surface area contributed by atoms with E-state index in [4.69, 9.17) is 5.73 Å². The highest BCUT2D eigenvalue weighted by Gasteiger charge is 2.31. The molecule has 1 aromatic rings. The van der Waals surface area contributed by atoms with Crippen molar-refractivity contribution in [1.29, 1.82) is 0 Å². The molecule has 0 spiro atoms. The molecule has 1 aromatic carbocycles. The van der Waals surface area contributed by atoms with Crippen LogP contribution in [0.15, 0.2) is 30.3 Å². The first-order valence-electron chi connectivity index (χ1n) is 10.9. The molecule has 32 heavy (non-hydrogen) atoms. The number of nitrogens with one attached hydrogen (secondary N) is 3. The summed E-state index contributed by atoms with van der Waals surface area (Å²) < 4.78 is 0. The van der Waals surface area contributed by atoms with E-state index in [2.05, 4.69) is 28.6 Å². The molecule has 0 radical (unpaired) electrons. The average molecular weight is 465 g/mol. The molecule has 0 unspecified atom stereocenters. The van der Waals surface area contributed by atoms with E-state index < -0.39 is 41.9 Å². The van der Waals surface area contributed by atoms with Crippen LogP contribution in [-0.2, 0) is 25.6 Å². The lowest BCUT2D eigenvalue weighted by atomic mass is 9.97.